The van der Waals surface area contributed by atoms with Gasteiger partial charge in [-0.15, -0.1) is 0 Å². The van der Waals surface area contributed by atoms with Crippen molar-refractivity contribution in [3.63, 3.8) is 0 Å². The van der Waals surface area contributed by atoms with Gasteiger partial charge in [0.1, 0.15) is 6.04 Å². The first kappa shape index (κ1) is 10.4. The maximum Gasteiger partial charge on any atom is 0.241 e. The molecule has 1 atom stereocenters. The summed E-state index contributed by atoms with van der Waals surface area (Å²) in [4.78, 5) is 15.2. The Kier molecular flexibility index (Phi) is 2.37. The van der Waals surface area contributed by atoms with Gasteiger partial charge in [-0.2, -0.15) is 0 Å². The number of para-hydroxylation sites is 1. The Hall–Kier alpha value is -1.81. The molecule has 1 amide bonds. The Balaban J connectivity index is 2.15. The van der Waals surface area contributed by atoms with Crippen LogP contribution in [0.4, 0.5) is 0 Å². The van der Waals surface area contributed by atoms with Crippen molar-refractivity contribution in [1.82, 2.24) is 15.6 Å². The Morgan fingerprint density at radius 2 is 2.06 bits per heavy atom. The average molecular weight is 229 g/mol. The number of amides is 1. The first-order chi connectivity index (χ1) is 8.27. The minimum absolute atomic E-state index is 0.0594. The number of aromatic amines is 1. The van der Waals surface area contributed by atoms with E-state index in [0.29, 0.717) is 6.54 Å². The van der Waals surface area contributed by atoms with Crippen LogP contribution in [0, 0.1) is 6.92 Å². The van der Waals surface area contributed by atoms with E-state index in [2.05, 4.69) is 21.7 Å². The Morgan fingerprint density at radius 3 is 2.88 bits per heavy atom. The molecule has 88 valence electrons. The van der Waals surface area contributed by atoms with Crippen molar-refractivity contribution >= 4 is 16.8 Å². The quantitative estimate of drug-likeness (QED) is 0.689. The molecule has 3 rings (SSSR count). The molecule has 17 heavy (non-hydrogen) atoms. The third kappa shape index (κ3) is 1.61. The van der Waals surface area contributed by atoms with Gasteiger partial charge < -0.3 is 15.6 Å². The zero-order valence-electron chi connectivity index (χ0n) is 9.71. The summed E-state index contributed by atoms with van der Waals surface area (Å²) in [5.41, 5.74) is 3.21. The Morgan fingerprint density at radius 1 is 1.24 bits per heavy atom. The molecule has 1 unspecified atom stereocenters. The second-order valence-corrected chi connectivity index (χ2v) is 4.39. The number of aryl methyl sites for hydroxylation is 1. The summed E-state index contributed by atoms with van der Waals surface area (Å²) >= 11 is 0. The molecular weight excluding hydrogens is 214 g/mol. The molecule has 1 aromatic carbocycles. The maximum absolute atomic E-state index is 11.9. The lowest BCUT2D eigenvalue weighted by molar-refractivity contribution is -0.124. The van der Waals surface area contributed by atoms with Crippen molar-refractivity contribution in [2.24, 2.45) is 0 Å². The number of nitrogens with one attached hydrogen (secondary N) is 3. The zero-order chi connectivity index (χ0) is 11.8. The van der Waals surface area contributed by atoms with E-state index in [4.69, 9.17) is 0 Å². The highest BCUT2D eigenvalue weighted by Gasteiger charge is 2.27. The standard InChI is InChI=1S/C13H15N3O/c1-8-11(12-13(17)15-7-6-14-12)9-4-2-3-5-10(9)16-8/h2-5,12,14,16H,6-7H2,1H3,(H,15,17). The number of rotatable bonds is 1. The van der Waals surface area contributed by atoms with Crippen molar-refractivity contribution in [2.45, 2.75) is 13.0 Å². The number of fused-ring (bicyclic) bond motifs is 1. The molecule has 1 aliphatic rings. The van der Waals surface area contributed by atoms with Gasteiger partial charge in [-0.25, -0.2) is 0 Å². The molecule has 1 fully saturated rings. The van der Waals surface area contributed by atoms with Crippen LogP contribution in [0.2, 0.25) is 0 Å². The Labute approximate surface area is 99.4 Å². The van der Waals surface area contributed by atoms with Crippen molar-refractivity contribution in [1.29, 1.82) is 0 Å². The van der Waals surface area contributed by atoms with Crippen molar-refractivity contribution < 1.29 is 4.79 Å². The number of carbonyl (C=O) groups excluding carboxylic acids is 1. The topological polar surface area (TPSA) is 56.9 Å². The first-order valence-corrected chi connectivity index (χ1v) is 5.85. The van der Waals surface area contributed by atoms with Gasteiger partial charge in [0.25, 0.3) is 0 Å². The summed E-state index contributed by atoms with van der Waals surface area (Å²) in [5.74, 6) is 0.0594. The third-order valence-electron chi connectivity index (χ3n) is 3.27. The van der Waals surface area contributed by atoms with Crippen LogP contribution in [-0.4, -0.2) is 24.0 Å². The number of hydrogen-bond acceptors (Lipinski definition) is 2. The van der Waals surface area contributed by atoms with Crippen LogP contribution in [-0.2, 0) is 4.79 Å². The van der Waals surface area contributed by atoms with Crippen LogP contribution in [0.3, 0.4) is 0 Å². The second-order valence-electron chi connectivity index (χ2n) is 4.39. The predicted molar refractivity (Wildman–Crippen MR) is 66.8 cm³/mol. The summed E-state index contributed by atoms with van der Waals surface area (Å²) < 4.78 is 0. The molecule has 3 N–H and O–H groups in total. The summed E-state index contributed by atoms with van der Waals surface area (Å²) in [5, 5.41) is 7.29. The largest absolute Gasteiger partial charge is 0.358 e. The molecule has 0 aliphatic carbocycles. The Bertz CT molecular complexity index is 573. The lowest BCUT2D eigenvalue weighted by Gasteiger charge is -2.24. The minimum atomic E-state index is -0.236. The maximum atomic E-state index is 11.9. The summed E-state index contributed by atoms with van der Waals surface area (Å²) in [6.45, 7) is 3.53. The highest BCUT2D eigenvalue weighted by Crippen LogP contribution is 2.28. The van der Waals surface area contributed by atoms with Gasteiger partial charge in [0.15, 0.2) is 0 Å². The van der Waals surface area contributed by atoms with E-state index in [9.17, 15) is 4.79 Å². The second kappa shape index (κ2) is 3.89. The fraction of sp³-hybridized carbons (Fsp3) is 0.308. The smallest absolute Gasteiger partial charge is 0.241 e. The molecule has 4 heteroatoms. The number of piperazine rings is 1. The van der Waals surface area contributed by atoms with Gasteiger partial charge in [0.2, 0.25) is 5.91 Å². The molecule has 0 spiro atoms. The van der Waals surface area contributed by atoms with Crippen LogP contribution >= 0.6 is 0 Å². The number of hydrogen-bond donors (Lipinski definition) is 3. The van der Waals surface area contributed by atoms with Crippen LogP contribution in [0.15, 0.2) is 24.3 Å². The summed E-state index contributed by atoms with van der Waals surface area (Å²) in [6.07, 6.45) is 0. The van der Waals surface area contributed by atoms with E-state index in [1.165, 1.54) is 0 Å². The highest BCUT2D eigenvalue weighted by molar-refractivity contribution is 5.93. The summed E-state index contributed by atoms with van der Waals surface area (Å²) in [6, 6.07) is 7.85. The number of H-pyrrole nitrogens is 1. The van der Waals surface area contributed by atoms with E-state index in [1.807, 2.05) is 25.1 Å². The highest BCUT2D eigenvalue weighted by atomic mass is 16.2. The molecule has 0 radical (unpaired) electrons. The van der Waals surface area contributed by atoms with E-state index in [-0.39, 0.29) is 11.9 Å². The molecule has 0 saturated carbocycles. The van der Waals surface area contributed by atoms with Gasteiger partial charge in [0, 0.05) is 35.2 Å². The molecule has 2 aromatic rings. The summed E-state index contributed by atoms with van der Waals surface area (Å²) in [7, 11) is 0. The van der Waals surface area contributed by atoms with Crippen LogP contribution < -0.4 is 10.6 Å². The molecule has 0 bridgehead atoms. The predicted octanol–water partition coefficient (Wildman–Crippen LogP) is 1.24. The normalized spacial score (nSPS) is 20.5. The fourth-order valence-electron chi connectivity index (χ4n) is 2.50. The third-order valence-corrected chi connectivity index (χ3v) is 3.27. The van der Waals surface area contributed by atoms with Gasteiger partial charge in [-0.1, -0.05) is 18.2 Å². The van der Waals surface area contributed by atoms with Crippen LogP contribution in [0.5, 0.6) is 0 Å². The minimum Gasteiger partial charge on any atom is -0.358 e. The van der Waals surface area contributed by atoms with Gasteiger partial charge >= 0.3 is 0 Å². The van der Waals surface area contributed by atoms with Gasteiger partial charge in [0.05, 0.1) is 0 Å². The van der Waals surface area contributed by atoms with Gasteiger partial charge in [-0.3, -0.25) is 4.79 Å². The number of carbonyl (C=O) groups is 1. The van der Waals surface area contributed by atoms with Crippen molar-refractivity contribution in [2.75, 3.05) is 13.1 Å². The zero-order valence-corrected chi connectivity index (χ0v) is 9.71. The lowest BCUT2D eigenvalue weighted by atomic mass is 10.0. The van der Waals surface area contributed by atoms with Crippen molar-refractivity contribution in [3.8, 4) is 0 Å². The molecule has 1 aromatic heterocycles. The van der Waals surface area contributed by atoms with E-state index in [1.54, 1.807) is 0 Å². The van der Waals surface area contributed by atoms with E-state index < -0.39 is 0 Å². The number of aromatic nitrogens is 1. The van der Waals surface area contributed by atoms with Crippen LogP contribution in [0.1, 0.15) is 17.3 Å². The first-order valence-electron chi connectivity index (χ1n) is 5.85. The fourth-order valence-corrected chi connectivity index (χ4v) is 2.50. The molecule has 2 heterocycles. The molecular formula is C13H15N3O. The average Bonchev–Trinajstić information content (AvgIpc) is 2.66. The molecule has 1 aliphatic heterocycles. The molecule has 4 nitrogen and oxygen atoms in total. The van der Waals surface area contributed by atoms with Gasteiger partial charge in [-0.05, 0) is 13.0 Å². The lowest BCUT2D eigenvalue weighted by Crippen LogP contribution is -2.47. The SMILES string of the molecule is Cc1[nH]c2ccccc2c1C1NCCNC1=O. The van der Waals surface area contributed by atoms with E-state index >= 15 is 0 Å². The van der Waals surface area contributed by atoms with E-state index in [0.717, 1.165) is 28.7 Å². The van der Waals surface area contributed by atoms with Crippen LogP contribution in [0.25, 0.3) is 10.9 Å². The van der Waals surface area contributed by atoms with Crippen molar-refractivity contribution in [3.05, 3.63) is 35.5 Å². The number of benzene rings is 1. The monoisotopic (exact) mass is 229 g/mol. The molecule has 1 saturated heterocycles.